The Morgan fingerprint density at radius 2 is 2.30 bits per heavy atom. The van der Waals surface area contributed by atoms with E-state index in [1.165, 1.54) is 0 Å². The van der Waals surface area contributed by atoms with E-state index in [1.54, 1.807) is 6.20 Å². The standard InChI is InChI=1S/C6H10N4/c1-5-4-8-6(2-3-7)10-9-5/h4H,2-3,7H2,1H3. The molecule has 0 aliphatic heterocycles. The van der Waals surface area contributed by atoms with Crippen LogP contribution in [0.1, 0.15) is 11.5 Å². The van der Waals surface area contributed by atoms with Crippen LogP contribution >= 0.6 is 0 Å². The molecule has 0 spiro atoms. The van der Waals surface area contributed by atoms with Gasteiger partial charge in [-0.2, -0.15) is 5.10 Å². The van der Waals surface area contributed by atoms with Gasteiger partial charge in [0.05, 0.1) is 11.9 Å². The van der Waals surface area contributed by atoms with E-state index in [0.717, 1.165) is 5.69 Å². The van der Waals surface area contributed by atoms with Gasteiger partial charge in [0.1, 0.15) is 0 Å². The predicted molar refractivity (Wildman–Crippen MR) is 37.3 cm³/mol. The van der Waals surface area contributed by atoms with Crippen LogP contribution in [0.2, 0.25) is 0 Å². The Hall–Kier alpha value is -1.03. The van der Waals surface area contributed by atoms with Gasteiger partial charge in [-0.25, -0.2) is 4.98 Å². The first-order valence-electron chi connectivity index (χ1n) is 3.18. The highest BCUT2D eigenvalue weighted by Crippen LogP contribution is 1.88. The maximum atomic E-state index is 5.29. The number of hydrogen-bond donors (Lipinski definition) is 1. The third-order valence-corrected chi connectivity index (χ3v) is 1.09. The van der Waals surface area contributed by atoms with Crippen LogP contribution in [0.5, 0.6) is 0 Å². The second-order valence-corrected chi connectivity index (χ2v) is 2.05. The molecule has 1 aromatic heterocycles. The van der Waals surface area contributed by atoms with Gasteiger partial charge in [-0.1, -0.05) is 0 Å². The molecule has 1 rings (SSSR count). The first-order chi connectivity index (χ1) is 4.83. The molecule has 0 unspecified atom stereocenters. The van der Waals surface area contributed by atoms with Gasteiger partial charge in [0.25, 0.3) is 0 Å². The topological polar surface area (TPSA) is 64.7 Å². The van der Waals surface area contributed by atoms with Crippen LogP contribution < -0.4 is 5.73 Å². The lowest BCUT2D eigenvalue weighted by Crippen LogP contribution is -2.07. The summed E-state index contributed by atoms with van der Waals surface area (Å²) in [6, 6.07) is 0. The van der Waals surface area contributed by atoms with Crippen molar-refractivity contribution in [3.8, 4) is 0 Å². The van der Waals surface area contributed by atoms with Crippen LogP contribution in [0.4, 0.5) is 0 Å². The van der Waals surface area contributed by atoms with E-state index in [1.807, 2.05) is 6.92 Å². The molecule has 1 heterocycles. The Kier molecular flexibility index (Phi) is 2.28. The number of hydrogen-bond acceptors (Lipinski definition) is 4. The monoisotopic (exact) mass is 138 g/mol. The van der Waals surface area contributed by atoms with Gasteiger partial charge in [-0.3, -0.25) is 0 Å². The molecule has 0 aliphatic carbocycles. The van der Waals surface area contributed by atoms with Gasteiger partial charge >= 0.3 is 0 Å². The minimum Gasteiger partial charge on any atom is -0.330 e. The Labute approximate surface area is 59.5 Å². The summed E-state index contributed by atoms with van der Waals surface area (Å²) in [7, 11) is 0. The van der Waals surface area contributed by atoms with Gasteiger partial charge in [-0.15, -0.1) is 5.10 Å². The van der Waals surface area contributed by atoms with Crippen molar-refractivity contribution in [1.29, 1.82) is 0 Å². The highest BCUT2D eigenvalue weighted by Gasteiger charge is 1.92. The molecule has 0 amide bonds. The molecule has 4 heteroatoms. The summed E-state index contributed by atoms with van der Waals surface area (Å²) in [5.74, 6) is 0.716. The number of nitrogens with zero attached hydrogens (tertiary/aromatic N) is 3. The Morgan fingerprint density at radius 1 is 1.50 bits per heavy atom. The summed E-state index contributed by atoms with van der Waals surface area (Å²) >= 11 is 0. The molecule has 0 atom stereocenters. The van der Waals surface area contributed by atoms with Crippen LogP contribution in [-0.4, -0.2) is 21.7 Å². The van der Waals surface area contributed by atoms with Crippen molar-refractivity contribution in [3.05, 3.63) is 17.7 Å². The molecule has 0 saturated carbocycles. The van der Waals surface area contributed by atoms with Crippen LogP contribution in [0.25, 0.3) is 0 Å². The molecule has 0 aromatic carbocycles. The van der Waals surface area contributed by atoms with Crippen LogP contribution in [0.3, 0.4) is 0 Å². The van der Waals surface area contributed by atoms with Crippen LogP contribution in [-0.2, 0) is 6.42 Å². The van der Waals surface area contributed by atoms with Crippen LogP contribution in [0, 0.1) is 6.92 Å². The lowest BCUT2D eigenvalue weighted by Gasteiger charge is -1.93. The number of rotatable bonds is 2. The van der Waals surface area contributed by atoms with Crippen molar-refractivity contribution < 1.29 is 0 Å². The van der Waals surface area contributed by atoms with Crippen molar-refractivity contribution in [2.24, 2.45) is 5.73 Å². The first kappa shape index (κ1) is 7.08. The number of aryl methyl sites for hydroxylation is 1. The Morgan fingerprint density at radius 3 is 2.80 bits per heavy atom. The molecule has 0 fully saturated rings. The maximum absolute atomic E-state index is 5.29. The zero-order valence-electron chi connectivity index (χ0n) is 5.91. The Bertz CT molecular complexity index is 193. The molecule has 0 radical (unpaired) electrons. The number of nitrogens with two attached hydrogens (primary N) is 1. The third-order valence-electron chi connectivity index (χ3n) is 1.09. The van der Waals surface area contributed by atoms with Gasteiger partial charge < -0.3 is 5.73 Å². The fourth-order valence-electron chi connectivity index (χ4n) is 0.600. The van der Waals surface area contributed by atoms with E-state index < -0.39 is 0 Å². The molecular formula is C6H10N4. The molecule has 0 aliphatic rings. The molecule has 0 bridgehead atoms. The largest absolute Gasteiger partial charge is 0.330 e. The minimum atomic E-state index is 0.574. The van der Waals surface area contributed by atoms with E-state index in [0.29, 0.717) is 18.8 Å². The van der Waals surface area contributed by atoms with E-state index >= 15 is 0 Å². The summed E-state index contributed by atoms with van der Waals surface area (Å²) in [5.41, 5.74) is 6.12. The summed E-state index contributed by atoms with van der Waals surface area (Å²) < 4.78 is 0. The fraction of sp³-hybridized carbons (Fsp3) is 0.500. The van der Waals surface area contributed by atoms with Crippen molar-refractivity contribution >= 4 is 0 Å². The van der Waals surface area contributed by atoms with Gasteiger partial charge in [0.2, 0.25) is 0 Å². The van der Waals surface area contributed by atoms with Crippen molar-refractivity contribution in [3.63, 3.8) is 0 Å². The summed E-state index contributed by atoms with van der Waals surface area (Å²) in [5, 5.41) is 7.66. The maximum Gasteiger partial charge on any atom is 0.152 e. The highest BCUT2D eigenvalue weighted by molar-refractivity contribution is 4.91. The molecule has 54 valence electrons. The first-order valence-corrected chi connectivity index (χ1v) is 3.18. The molecule has 1 aromatic rings. The second-order valence-electron chi connectivity index (χ2n) is 2.05. The normalized spacial score (nSPS) is 9.80. The molecule has 0 saturated heterocycles. The molecule has 2 N–H and O–H groups in total. The number of aromatic nitrogens is 3. The van der Waals surface area contributed by atoms with Gasteiger partial charge in [0, 0.05) is 6.42 Å². The van der Waals surface area contributed by atoms with Gasteiger partial charge in [-0.05, 0) is 13.5 Å². The highest BCUT2D eigenvalue weighted by atomic mass is 15.1. The SMILES string of the molecule is Cc1cnc(CCN)nn1. The lowest BCUT2D eigenvalue weighted by atomic mass is 10.4. The summed E-state index contributed by atoms with van der Waals surface area (Å²) in [6.45, 7) is 2.43. The third kappa shape index (κ3) is 1.73. The quantitative estimate of drug-likeness (QED) is 0.608. The van der Waals surface area contributed by atoms with Crippen molar-refractivity contribution in [1.82, 2.24) is 15.2 Å². The average Bonchev–Trinajstić information content (AvgIpc) is 1.95. The Balaban J connectivity index is 2.69. The van der Waals surface area contributed by atoms with E-state index in [4.69, 9.17) is 5.73 Å². The smallest absolute Gasteiger partial charge is 0.152 e. The van der Waals surface area contributed by atoms with E-state index in [2.05, 4.69) is 15.2 Å². The average molecular weight is 138 g/mol. The van der Waals surface area contributed by atoms with Crippen LogP contribution in [0.15, 0.2) is 6.20 Å². The lowest BCUT2D eigenvalue weighted by molar-refractivity contribution is 0.794. The van der Waals surface area contributed by atoms with E-state index in [9.17, 15) is 0 Å². The van der Waals surface area contributed by atoms with Crippen molar-refractivity contribution in [2.45, 2.75) is 13.3 Å². The zero-order chi connectivity index (χ0) is 7.40. The second kappa shape index (κ2) is 3.22. The zero-order valence-corrected chi connectivity index (χ0v) is 5.91. The predicted octanol–water partition coefficient (Wildman–Crippen LogP) is -0.319. The van der Waals surface area contributed by atoms with Gasteiger partial charge in [0.15, 0.2) is 5.82 Å². The molecule has 10 heavy (non-hydrogen) atoms. The summed E-state index contributed by atoms with van der Waals surface area (Å²) in [4.78, 5) is 4.01. The fourth-order valence-corrected chi connectivity index (χ4v) is 0.600. The molecular weight excluding hydrogens is 128 g/mol. The van der Waals surface area contributed by atoms with E-state index in [-0.39, 0.29) is 0 Å². The minimum absolute atomic E-state index is 0.574. The van der Waals surface area contributed by atoms with Crippen molar-refractivity contribution in [2.75, 3.05) is 6.54 Å². The summed E-state index contributed by atoms with van der Waals surface area (Å²) in [6.07, 6.45) is 2.39. The molecule has 4 nitrogen and oxygen atoms in total.